The van der Waals surface area contributed by atoms with E-state index in [-0.39, 0.29) is 5.57 Å². The highest BCUT2D eigenvalue weighted by Crippen LogP contribution is 2.25. The van der Waals surface area contributed by atoms with Gasteiger partial charge in [-0.2, -0.15) is 0 Å². The van der Waals surface area contributed by atoms with Crippen LogP contribution in [0.2, 0.25) is 0 Å². The molecular formula is C16H14N2O4. The highest BCUT2D eigenvalue weighted by molar-refractivity contribution is 6.18. The lowest BCUT2D eigenvalue weighted by Gasteiger charge is -2.29. The predicted octanol–water partition coefficient (Wildman–Crippen LogP) is 2.30. The third-order valence-electron chi connectivity index (χ3n) is 3.15. The van der Waals surface area contributed by atoms with Gasteiger partial charge >= 0.3 is 11.9 Å². The molecule has 112 valence electrons. The molecule has 1 aromatic heterocycles. The lowest BCUT2D eigenvalue weighted by atomic mass is 10.1. The van der Waals surface area contributed by atoms with E-state index in [0.29, 0.717) is 5.56 Å². The number of nitrogens with zero attached hydrogens (tertiary/aromatic N) is 1. The van der Waals surface area contributed by atoms with Gasteiger partial charge in [-0.25, -0.2) is 14.6 Å². The summed E-state index contributed by atoms with van der Waals surface area (Å²) in [5, 5.41) is 0. The zero-order chi connectivity index (χ0) is 15.7. The molecular weight excluding hydrogens is 284 g/mol. The van der Waals surface area contributed by atoms with Crippen molar-refractivity contribution in [3.63, 3.8) is 0 Å². The van der Waals surface area contributed by atoms with E-state index in [9.17, 15) is 9.59 Å². The largest absolute Gasteiger partial charge is 0.419 e. The summed E-state index contributed by atoms with van der Waals surface area (Å²) < 4.78 is 10.1. The Morgan fingerprint density at radius 3 is 2.27 bits per heavy atom. The summed E-state index contributed by atoms with van der Waals surface area (Å²) in [6, 6.07) is 7.32. The van der Waals surface area contributed by atoms with Crippen LogP contribution in [0.25, 0.3) is 17.3 Å². The Morgan fingerprint density at radius 1 is 1.09 bits per heavy atom. The highest BCUT2D eigenvalue weighted by atomic mass is 16.7. The van der Waals surface area contributed by atoms with Crippen molar-refractivity contribution in [2.75, 3.05) is 0 Å². The minimum absolute atomic E-state index is 0.117. The first-order valence-corrected chi connectivity index (χ1v) is 6.72. The first-order valence-electron chi connectivity index (χ1n) is 6.72. The van der Waals surface area contributed by atoms with Crippen molar-refractivity contribution in [1.82, 2.24) is 9.97 Å². The van der Waals surface area contributed by atoms with Crippen LogP contribution in [0.3, 0.4) is 0 Å². The quantitative estimate of drug-likeness (QED) is 0.522. The Kier molecular flexibility index (Phi) is 3.29. The standard InChI is InChI=1S/C16H14N2O4/c1-16(2)21-14(19)12(15(20)22-16)7-10-3-5-11(6-4-10)13-8-17-9-18-13/h3-9H,1-2H3,(H,17,18). The van der Waals surface area contributed by atoms with Crippen molar-refractivity contribution in [3.8, 4) is 11.3 Å². The minimum atomic E-state index is -1.23. The lowest BCUT2D eigenvalue weighted by molar-refractivity contribution is -0.222. The Labute approximate surface area is 126 Å². The smallest absolute Gasteiger partial charge is 0.348 e. The van der Waals surface area contributed by atoms with E-state index in [1.165, 1.54) is 19.9 Å². The first-order chi connectivity index (χ1) is 10.4. The number of H-pyrrole nitrogens is 1. The molecule has 2 heterocycles. The van der Waals surface area contributed by atoms with E-state index in [1.807, 2.05) is 12.1 Å². The van der Waals surface area contributed by atoms with Crippen LogP contribution < -0.4 is 0 Å². The molecule has 0 bridgehead atoms. The van der Waals surface area contributed by atoms with Crippen molar-refractivity contribution in [1.29, 1.82) is 0 Å². The number of imidazole rings is 1. The summed E-state index contributed by atoms with van der Waals surface area (Å²) in [5.74, 6) is -2.59. The molecule has 1 aliphatic heterocycles. The maximum Gasteiger partial charge on any atom is 0.348 e. The van der Waals surface area contributed by atoms with Crippen LogP contribution >= 0.6 is 0 Å². The van der Waals surface area contributed by atoms with Gasteiger partial charge in [-0.05, 0) is 17.2 Å². The van der Waals surface area contributed by atoms with Gasteiger partial charge in [0.2, 0.25) is 0 Å². The van der Waals surface area contributed by atoms with Crippen molar-refractivity contribution in [2.24, 2.45) is 0 Å². The average Bonchev–Trinajstić information content (AvgIpc) is 2.97. The van der Waals surface area contributed by atoms with E-state index in [0.717, 1.165) is 11.3 Å². The first kappa shape index (κ1) is 14.1. The molecule has 6 nitrogen and oxygen atoms in total. The number of hydrogen-bond acceptors (Lipinski definition) is 5. The van der Waals surface area contributed by atoms with E-state index in [4.69, 9.17) is 9.47 Å². The van der Waals surface area contributed by atoms with Gasteiger partial charge in [-0.15, -0.1) is 0 Å². The molecule has 2 aromatic rings. The third kappa shape index (κ3) is 2.76. The molecule has 0 unspecified atom stereocenters. The van der Waals surface area contributed by atoms with Crippen LogP contribution in [0.1, 0.15) is 19.4 Å². The zero-order valence-corrected chi connectivity index (χ0v) is 12.1. The van der Waals surface area contributed by atoms with Crippen LogP contribution in [-0.4, -0.2) is 27.7 Å². The van der Waals surface area contributed by atoms with Crippen LogP contribution in [0, 0.1) is 0 Å². The molecule has 1 fully saturated rings. The minimum Gasteiger partial charge on any atom is -0.419 e. The van der Waals surface area contributed by atoms with Gasteiger partial charge in [0.25, 0.3) is 5.79 Å². The summed E-state index contributed by atoms with van der Waals surface area (Å²) in [7, 11) is 0. The van der Waals surface area contributed by atoms with Gasteiger partial charge in [0, 0.05) is 13.8 Å². The van der Waals surface area contributed by atoms with Crippen molar-refractivity contribution < 1.29 is 19.1 Å². The van der Waals surface area contributed by atoms with Crippen LogP contribution in [-0.2, 0) is 19.1 Å². The summed E-state index contributed by atoms with van der Waals surface area (Å²) >= 11 is 0. The molecule has 22 heavy (non-hydrogen) atoms. The van der Waals surface area contributed by atoms with Crippen LogP contribution in [0.4, 0.5) is 0 Å². The fourth-order valence-electron chi connectivity index (χ4n) is 2.12. The Hall–Kier alpha value is -2.89. The van der Waals surface area contributed by atoms with E-state index in [1.54, 1.807) is 24.7 Å². The van der Waals surface area contributed by atoms with E-state index >= 15 is 0 Å². The summed E-state index contributed by atoms with van der Waals surface area (Å²) in [6.07, 6.45) is 4.77. The number of ether oxygens (including phenoxy) is 2. The fourth-order valence-corrected chi connectivity index (χ4v) is 2.12. The van der Waals surface area contributed by atoms with Crippen molar-refractivity contribution >= 4 is 18.0 Å². The number of cyclic esters (lactones) is 2. The fraction of sp³-hybridized carbons (Fsp3) is 0.188. The van der Waals surface area contributed by atoms with Gasteiger partial charge in [-0.1, -0.05) is 24.3 Å². The number of carbonyl (C=O) groups excluding carboxylic acids is 2. The second-order valence-corrected chi connectivity index (χ2v) is 5.32. The number of carbonyl (C=O) groups is 2. The van der Waals surface area contributed by atoms with E-state index < -0.39 is 17.7 Å². The van der Waals surface area contributed by atoms with Gasteiger partial charge in [0.1, 0.15) is 5.57 Å². The molecule has 0 amide bonds. The molecule has 0 spiro atoms. The maximum absolute atomic E-state index is 11.9. The normalized spacial score (nSPS) is 16.9. The number of aromatic nitrogens is 2. The molecule has 1 aromatic carbocycles. The van der Waals surface area contributed by atoms with Crippen molar-refractivity contribution in [3.05, 3.63) is 47.9 Å². The molecule has 1 saturated heterocycles. The average molecular weight is 298 g/mol. The number of rotatable bonds is 2. The van der Waals surface area contributed by atoms with Gasteiger partial charge < -0.3 is 14.5 Å². The molecule has 0 atom stereocenters. The summed E-state index contributed by atoms with van der Waals surface area (Å²) in [5.41, 5.74) is 2.42. The lowest BCUT2D eigenvalue weighted by Crippen LogP contribution is -2.41. The van der Waals surface area contributed by atoms with Crippen LogP contribution in [0.5, 0.6) is 0 Å². The molecule has 1 aliphatic rings. The SMILES string of the molecule is CC1(C)OC(=O)C(=Cc2ccc(-c3cnc[nH]3)cc2)C(=O)O1. The summed E-state index contributed by atoms with van der Waals surface area (Å²) in [6.45, 7) is 3.03. The maximum atomic E-state index is 11.9. The number of nitrogens with one attached hydrogen (secondary N) is 1. The topological polar surface area (TPSA) is 81.3 Å². The van der Waals surface area contributed by atoms with Gasteiger partial charge in [0.15, 0.2) is 0 Å². The van der Waals surface area contributed by atoms with E-state index in [2.05, 4.69) is 9.97 Å². The number of benzene rings is 1. The van der Waals surface area contributed by atoms with Crippen molar-refractivity contribution in [2.45, 2.75) is 19.6 Å². The number of hydrogen-bond donors (Lipinski definition) is 1. The highest BCUT2D eigenvalue weighted by Gasteiger charge is 2.38. The third-order valence-corrected chi connectivity index (χ3v) is 3.15. The summed E-state index contributed by atoms with van der Waals surface area (Å²) in [4.78, 5) is 30.7. The second-order valence-electron chi connectivity index (χ2n) is 5.32. The number of aromatic amines is 1. The monoisotopic (exact) mass is 298 g/mol. The Bertz CT molecular complexity index is 721. The van der Waals surface area contributed by atoms with Gasteiger partial charge in [0.05, 0.1) is 18.2 Å². The number of esters is 2. The molecule has 0 radical (unpaired) electrons. The molecule has 3 rings (SSSR count). The van der Waals surface area contributed by atoms with Gasteiger partial charge in [-0.3, -0.25) is 0 Å². The zero-order valence-electron chi connectivity index (χ0n) is 12.1. The molecule has 6 heteroatoms. The molecule has 0 aliphatic carbocycles. The Morgan fingerprint density at radius 2 is 1.73 bits per heavy atom. The predicted molar refractivity (Wildman–Crippen MR) is 78.3 cm³/mol. The molecule has 1 N–H and O–H groups in total. The van der Waals surface area contributed by atoms with Crippen LogP contribution in [0.15, 0.2) is 42.4 Å². The Balaban J connectivity index is 1.86. The molecule has 0 saturated carbocycles. The second kappa shape index (κ2) is 5.14.